The van der Waals surface area contributed by atoms with E-state index in [0.29, 0.717) is 0 Å². The average molecular weight is 295 g/mol. The number of hydrogen-bond donors (Lipinski definition) is 1. The number of thiophene rings is 1. The lowest BCUT2D eigenvalue weighted by Gasteiger charge is -2.06. The third-order valence-corrected chi connectivity index (χ3v) is 4.88. The highest BCUT2D eigenvalue weighted by Gasteiger charge is 2.12. The highest BCUT2D eigenvalue weighted by Crippen LogP contribution is 2.38. The normalized spacial score (nSPS) is 11.4. The van der Waals surface area contributed by atoms with E-state index >= 15 is 0 Å². The molecule has 0 radical (unpaired) electrons. The van der Waals surface area contributed by atoms with Gasteiger partial charge in [-0.2, -0.15) is 12.6 Å². The molecule has 3 aromatic rings. The van der Waals surface area contributed by atoms with Gasteiger partial charge < -0.3 is 4.74 Å². The van der Waals surface area contributed by atoms with Crippen LogP contribution in [0.5, 0.6) is 5.75 Å². The number of benzene rings is 1. The molecule has 1 aromatic carbocycles. The van der Waals surface area contributed by atoms with Gasteiger partial charge in [0, 0.05) is 11.5 Å². The molecule has 2 nitrogen and oxygen atoms in total. The van der Waals surface area contributed by atoms with Crippen molar-refractivity contribution in [1.82, 2.24) is 4.98 Å². The molecule has 3 rings (SSSR count). The maximum atomic E-state index is 5.87. The fourth-order valence-electron chi connectivity index (χ4n) is 1.95. The molecule has 94 valence electrons. The molecule has 0 fully saturated rings. The van der Waals surface area contributed by atoms with Crippen LogP contribution in [0.2, 0.25) is 0 Å². The quantitative estimate of drug-likeness (QED) is 0.565. The summed E-state index contributed by atoms with van der Waals surface area (Å²) in [7, 11) is 0. The molecule has 2 heterocycles. The summed E-state index contributed by atoms with van der Waals surface area (Å²) in [6.45, 7) is 2.77. The number of aromatic nitrogens is 1. The van der Waals surface area contributed by atoms with Crippen LogP contribution in [0.3, 0.4) is 0 Å². The molecule has 0 aliphatic rings. The van der Waals surface area contributed by atoms with Gasteiger partial charge in [-0.3, -0.25) is 0 Å². The number of fused-ring (bicyclic) bond motifs is 3. The first-order valence-corrected chi connectivity index (χ1v) is 8.13. The lowest BCUT2D eigenvalue weighted by molar-refractivity contribution is 0.323. The van der Waals surface area contributed by atoms with E-state index in [2.05, 4.69) is 35.1 Å². The van der Waals surface area contributed by atoms with Gasteiger partial charge in [0.25, 0.3) is 0 Å². The van der Waals surface area contributed by atoms with E-state index in [9.17, 15) is 0 Å². The Morgan fingerprint density at radius 3 is 3.17 bits per heavy atom. The smallest absolute Gasteiger partial charge is 0.129 e. The minimum atomic E-state index is 0.720. The van der Waals surface area contributed by atoms with Crippen molar-refractivity contribution in [2.24, 2.45) is 0 Å². The topological polar surface area (TPSA) is 22.1 Å². The van der Waals surface area contributed by atoms with Crippen LogP contribution in [0.15, 0.2) is 17.5 Å². The van der Waals surface area contributed by atoms with Crippen molar-refractivity contribution in [3.8, 4) is 5.75 Å². The maximum absolute atomic E-state index is 5.87. The van der Waals surface area contributed by atoms with Crippen LogP contribution < -0.4 is 4.74 Å². The van der Waals surface area contributed by atoms with E-state index in [1.54, 1.807) is 22.7 Å². The minimum absolute atomic E-state index is 0.720. The second-order valence-corrected chi connectivity index (χ2v) is 6.64. The molecule has 5 heteroatoms. The predicted molar refractivity (Wildman–Crippen MR) is 83.7 cm³/mol. The highest BCUT2D eigenvalue weighted by molar-refractivity contribution is 7.80. The maximum Gasteiger partial charge on any atom is 0.129 e. The number of rotatable bonds is 4. The fraction of sp³-hybridized carbons (Fsp3) is 0.308. The molecule has 0 aliphatic heterocycles. The first-order valence-electron chi connectivity index (χ1n) is 5.80. The molecule has 18 heavy (non-hydrogen) atoms. The van der Waals surface area contributed by atoms with Gasteiger partial charge in [-0.25, -0.2) is 4.98 Å². The van der Waals surface area contributed by atoms with Gasteiger partial charge in [0.15, 0.2) is 0 Å². The van der Waals surface area contributed by atoms with Crippen molar-refractivity contribution in [2.75, 3.05) is 12.4 Å². The average Bonchev–Trinajstić information content (AvgIpc) is 2.94. The summed E-state index contributed by atoms with van der Waals surface area (Å²) in [4.78, 5) is 4.61. The zero-order valence-electron chi connectivity index (χ0n) is 9.97. The van der Waals surface area contributed by atoms with Crippen LogP contribution in [0, 0.1) is 6.92 Å². The molecule has 0 spiro atoms. The molecule has 0 atom stereocenters. The van der Waals surface area contributed by atoms with Gasteiger partial charge in [-0.15, -0.1) is 22.7 Å². The summed E-state index contributed by atoms with van der Waals surface area (Å²) in [5.74, 6) is 1.83. The summed E-state index contributed by atoms with van der Waals surface area (Å²) in [5.41, 5.74) is 1.11. The monoisotopic (exact) mass is 295 g/mol. The van der Waals surface area contributed by atoms with Crippen LogP contribution in [0.4, 0.5) is 0 Å². The van der Waals surface area contributed by atoms with E-state index in [1.807, 2.05) is 6.92 Å². The van der Waals surface area contributed by atoms with Crippen LogP contribution in [-0.4, -0.2) is 17.3 Å². The molecule has 2 aromatic heterocycles. The highest BCUT2D eigenvalue weighted by atomic mass is 32.1. The van der Waals surface area contributed by atoms with Crippen LogP contribution >= 0.6 is 35.3 Å². The summed E-state index contributed by atoms with van der Waals surface area (Å²) in [6, 6.07) is 4.23. The van der Waals surface area contributed by atoms with E-state index in [1.165, 1.54) is 14.8 Å². The Balaban J connectivity index is 2.12. The van der Waals surface area contributed by atoms with Crippen molar-refractivity contribution >= 4 is 55.6 Å². The van der Waals surface area contributed by atoms with Gasteiger partial charge in [-0.1, -0.05) is 0 Å². The molecule has 0 unspecified atom stereocenters. The van der Waals surface area contributed by atoms with Crippen molar-refractivity contribution in [2.45, 2.75) is 13.3 Å². The number of hydrogen-bond acceptors (Lipinski definition) is 5. The van der Waals surface area contributed by atoms with E-state index < -0.39 is 0 Å². The standard InChI is InChI=1S/C13H13NOS3/c1-8-14-12-11(18-8)7-10(15-4-2-5-16)9-3-6-17-13(9)12/h3,6-7,16H,2,4-5H2,1H3. The third-order valence-electron chi connectivity index (χ3n) is 2.73. The molecule has 0 N–H and O–H groups in total. The molecule has 0 saturated carbocycles. The molecule has 0 amide bonds. The van der Waals surface area contributed by atoms with Gasteiger partial charge in [-0.05, 0) is 30.5 Å². The second kappa shape index (κ2) is 5.07. The molecule has 0 bridgehead atoms. The van der Waals surface area contributed by atoms with Gasteiger partial charge in [0.05, 0.1) is 26.5 Å². The Kier molecular flexibility index (Phi) is 3.46. The van der Waals surface area contributed by atoms with Crippen LogP contribution in [0.1, 0.15) is 11.4 Å². The zero-order valence-corrected chi connectivity index (χ0v) is 12.5. The zero-order chi connectivity index (χ0) is 12.5. The first-order chi connectivity index (χ1) is 8.79. The Hall–Kier alpha value is -0.780. The fourth-order valence-corrected chi connectivity index (χ4v) is 3.92. The van der Waals surface area contributed by atoms with Crippen LogP contribution in [-0.2, 0) is 0 Å². The van der Waals surface area contributed by atoms with Gasteiger partial charge in [0.2, 0.25) is 0 Å². The van der Waals surface area contributed by atoms with Crippen LogP contribution in [0.25, 0.3) is 20.3 Å². The summed E-state index contributed by atoms with van der Waals surface area (Å²) >= 11 is 7.66. The Morgan fingerprint density at radius 1 is 1.44 bits per heavy atom. The first kappa shape index (κ1) is 12.3. The van der Waals surface area contributed by atoms with Crippen molar-refractivity contribution in [1.29, 1.82) is 0 Å². The SMILES string of the molecule is Cc1nc2c(cc(OCCCS)c3ccsc32)s1. The summed E-state index contributed by atoms with van der Waals surface area (Å²) < 4.78 is 8.32. The molecular weight excluding hydrogens is 282 g/mol. The minimum Gasteiger partial charge on any atom is -0.493 e. The lowest BCUT2D eigenvalue weighted by atomic mass is 10.2. The Bertz CT molecular complexity index is 686. The second-order valence-electron chi connectivity index (χ2n) is 4.04. The molecule has 0 aliphatic carbocycles. The number of thiazole rings is 1. The van der Waals surface area contributed by atoms with Crippen molar-refractivity contribution in [3.05, 3.63) is 22.5 Å². The van der Waals surface area contributed by atoms with E-state index in [4.69, 9.17) is 4.74 Å². The summed E-state index contributed by atoms with van der Waals surface area (Å²) in [5, 5.41) is 4.38. The predicted octanol–water partition coefficient (Wildman–Crippen LogP) is 4.52. The van der Waals surface area contributed by atoms with E-state index in [-0.39, 0.29) is 0 Å². The van der Waals surface area contributed by atoms with E-state index in [0.717, 1.165) is 35.1 Å². The summed E-state index contributed by atoms with van der Waals surface area (Å²) in [6.07, 6.45) is 0.967. The number of aryl methyl sites for hydroxylation is 1. The molecular formula is C13H13NOS3. The lowest BCUT2D eigenvalue weighted by Crippen LogP contribution is -1.97. The Labute approximate surface area is 119 Å². The van der Waals surface area contributed by atoms with Gasteiger partial charge >= 0.3 is 0 Å². The van der Waals surface area contributed by atoms with Gasteiger partial charge in [0.1, 0.15) is 5.75 Å². The third kappa shape index (κ3) is 2.11. The Morgan fingerprint density at radius 2 is 2.33 bits per heavy atom. The van der Waals surface area contributed by atoms with Crippen molar-refractivity contribution in [3.63, 3.8) is 0 Å². The largest absolute Gasteiger partial charge is 0.493 e. The molecule has 0 saturated heterocycles. The number of nitrogens with zero attached hydrogens (tertiary/aromatic N) is 1. The number of thiol groups is 1. The van der Waals surface area contributed by atoms with Crippen molar-refractivity contribution < 1.29 is 4.74 Å². The number of ether oxygens (including phenoxy) is 1.